The Labute approximate surface area is 112 Å². The van der Waals surface area contributed by atoms with Crippen molar-refractivity contribution in [1.29, 1.82) is 0 Å². The van der Waals surface area contributed by atoms with E-state index in [1.165, 1.54) is 0 Å². The molecule has 1 atom stereocenters. The molecule has 102 valence electrons. The monoisotopic (exact) mass is 261 g/mol. The summed E-state index contributed by atoms with van der Waals surface area (Å²) in [5.41, 5.74) is 8.30. The van der Waals surface area contributed by atoms with E-state index in [0.29, 0.717) is 17.3 Å². The van der Waals surface area contributed by atoms with E-state index >= 15 is 0 Å². The highest BCUT2D eigenvalue weighted by molar-refractivity contribution is 6.03. The molecule has 0 radical (unpaired) electrons. The molecule has 2 rings (SSSR count). The Hall–Kier alpha value is -1.91. The van der Waals surface area contributed by atoms with E-state index in [2.05, 4.69) is 4.99 Å². The van der Waals surface area contributed by atoms with Crippen LogP contribution < -0.4 is 5.73 Å². The van der Waals surface area contributed by atoms with Crippen molar-refractivity contribution in [1.82, 2.24) is 0 Å². The molecule has 0 saturated heterocycles. The minimum Gasteiger partial charge on any atom is -0.397 e. The van der Waals surface area contributed by atoms with Crippen LogP contribution >= 0.6 is 0 Å². The fraction of sp³-hybridized carbons (Fsp3) is 0.500. The molecule has 1 aromatic carbocycles. The predicted molar refractivity (Wildman–Crippen MR) is 77.1 cm³/mol. The predicted octanol–water partition coefficient (Wildman–Crippen LogP) is 3.59. The second-order valence-electron chi connectivity index (χ2n) is 6.15. The van der Waals surface area contributed by atoms with Crippen LogP contribution in [0.5, 0.6) is 0 Å². The minimum atomic E-state index is -0.405. The molecule has 1 aromatic rings. The van der Waals surface area contributed by atoms with Gasteiger partial charge in [0.15, 0.2) is 5.69 Å². The zero-order chi connectivity index (χ0) is 14.4. The van der Waals surface area contributed by atoms with Crippen molar-refractivity contribution >= 4 is 22.8 Å². The zero-order valence-corrected chi connectivity index (χ0v) is 11.7. The van der Waals surface area contributed by atoms with E-state index in [1.807, 2.05) is 27.7 Å². The quantitative estimate of drug-likeness (QED) is 0.501. The number of rotatable bonds is 2. The van der Waals surface area contributed by atoms with Crippen molar-refractivity contribution in [3.8, 4) is 0 Å². The molecular formula is C14H19N3O2. The molecule has 0 spiro atoms. The van der Waals surface area contributed by atoms with Gasteiger partial charge in [0.2, 0.25) is 0 Å². The molecule has 1 saturated carbocycles. The van der Waals surface area contributed by atoms with Crippen molar-refractivity contribution in [3.63, 3.8) is 0 Å². The summed E-state index contributed by atoms with van der Waals surface area (Å²) in [5, 5.41) is 11.2. The molecule has 5 nitrogen and oxygen atoms in total. The summed E-state index contributed by atoms with van der Waals surface area (Å²) < 4.78 is 0. The van der Waals surface area contributed by atoms with Gasteiger partial charge in [-0.3, -0.25) is 10.1 Å². The Kier molecular flexibility index (Phi) is 3.08. The summed E-state index contributed by atoms with van der Waals surface area (Å²) >= 11 is 0. The molecule has 0 bridgehead atoms. The molecule has 5 heteroatoms. The topological polar surface area (TPSA) is 81.5 Å². The first-order valence-electron chi connectivity index (χ1n) is 6.36. The number of nitro benzene ring substituents is 1. The van der Waals surface area contributed by atoms with E-state index in [0.717, 1.165) is 17.7 Å². The molecule has 19 heavy (non-hydrogen) atoms. The second-order valence-corrected chi connectivity index (χ2v) is 6.15. The zero-order valence-electron chi connectivity index (χ0n) is 11.7. The molecule has 2 N–H and O–H groups in total. The Balaban J connectivity index is 2.58. The number of aliphatic imine (C=N–C) groups is 1. The van der Waals surface area contributed by atoms with E-state index in [9.17, 15) is 10.1 Å². The van der Waals surface area contributed by atoms with Crippen LogP contribution in [0.2, 0.25) is 0 Å². The first-order chi connectivity index (χ1) is 8.70. The highest BCUT2D eigenvalue weighted by atomic mass is 16.6. The van der Waals surface area contributed by atoms with Gasteiger partial charge in [0.25, 0.3) is 5.69 Å². The molecule has 1 aliphatic rings. The van der Waals surface area contributed by atoms with Crippen LogP contribution in [-0.2, 0) is 5.41 Å². The van der Waals surface area contributed by atoms with Gasteiger partial charge in [-0.1, -0.05) is 27.7 Å². The number of nitrogens with two attached hydrogens (primary N) is 1. The molecule has 1 unspecified atom stereocenters. The minimum absolute atomic E-state index is 0.00322. The van der Waals surface area contributed by atoms with Gasteiger partial charge in [-0.15, -0.1) is 0 Å². The van der Waals surface area contributed by atoms with Gasteiger partial charge in [0.1, 0.15) is 0 Å². The van der Waals surface area contributed by atoms with Crippen LogP contribution in [0.25, 0.3) is 0 Å². The maximum Gasteiger partial charge on any atom is 0.297 e. The normalized spacial score (nSPS) is 20.6. The Morgan fingerprint density at radius 1 is 1.42 bits per heavy atom. The van der Waals surface area contributed by atoms with Gasteiger partial charge >= 0.3 is 0 Å². The van der Waals surface area contributed by atoms with Crippen molar-refractivity contribution in [2.24, 2.45) is 10.9 Å². The van der Waals surface area contributed by atoms with Crippen molar-refractivity contribution in [2.75, 3.05) is 5.73 Å². The van der Waals surface area contributed by atoms with E-state index < -0.39 is 4.92 Å². The Morgan fingerprint density at radius 3 is 2.42 bits per heavy atom. The van der Waals surface area contributed by atoms with Crippen molar-refractivity contribution < 1.29 is 4.92 Å². The number of nitro groups is 1. The molecule has 0 aromatic heterocycles. The number of hydrogen-bond acceptors (Lipinski definition) is 4. The van der Waals surface area contributed by atoms with Gasteiger partial charge < -0.3 is 5.73 Å². The summed E-state index contributed by atoms with van der Waals surface area (Å²) in [5.74, 6) is 0.418. The highest BCUT2D eigenvalue weighted by Crippen LogP contribution is 2.40. The number of nitrogens with zero attached hydrogens (tertiary/aromatic N) is 2. The van der Waals surface area contributed by atoms with Gasteiger partial charge in [-0.05, 0) is 29.4 Å². The molecule has 0 amide bonds. The molecular weight excluding hydrogens is 242 g/mol. The van der Waals surface area contributed by atoms with Crippen LogP contribution in [0.1, 0.15) is 39.7 Å². The molecule has 0 aliphatic heterocycles. The lowest BCUT2D eigenvalue weighted by molar-refractivity contribution is -0.384. The SMILES string of the molecule is CC1C/C1=N/c1c(N)cc(C(C)(C)C)cc1[N+](=O)[O-]. The van der Waals surface area contributed by atoms with Crippen LogP contribution in [-0.4, -0.2) is 10.6 Å². The third-order valence-electron chi connectivity index (χ3n) is 3.36. The number of nitrogen functional groups attached to an aromatic ring is 1. The lowest BCUT2D eigenvalue weighted by atomic mass is 9.86. The van der Waals surface area contributed by atoms with Gasteiger partial charge in [-0.2, -0.15) is 0 Å². The summed E-state index contributed by atoms with van der Waals surface area (Å²) in [4.78, 5) is 15.2. The standard InChI is InChI=1S/C14H19N3O2/c1-8-5-11(8)16-13-10(15)6-9(14(2,3)4)7-12(13)17(18)19/h6-8H,5,15H2,1-4H3/b16-11-. The van der Waals surface area contributed by atoms with Gasteiger partial charge in [0, 0.05) is 11.8 Å². The molecule has 0 heterocycles. The van der Waals surface area contributed by atoms with Gasteiger partial charge in [0.05, 0.1) is 10.6 Å². The maximum atomic E-state index is 11.2. The fourth-order valence-electron chi connectivity index (χ4n) is 1.89. The average molecular weight is 261 g/mol. The van der Waals surface area contributed by atoms with Crippen molar-refractivity contribution in [3.05, 3.63) is 27.8 Å². The van der Waals surface area contributed by atoms with E-state index in [1.54, 1.807) is 12.1 Å². The highest BCUT2D eigenvalue weighted by Gasteiger charge is 2.29. The smallest absolute Gasteiger partial charge is 0.297 e. The van der Waals surface area contributed by atoms with Crippen molar-refractivity contribution in [2.45, 2.75) is 39.5 Å². The summed E-state index contributed by atoms with van der Waals surface area (Å²) in [6.45, 7) is 8.05. The first kappa shape index (κ1) is 13.5. The molecule has 1 fully saturated rings. The average Bonchev–Trinajstić information content (AvgIpc) is 2.95. The summed E-state index contributed by atoms with van der Waals surface area (Å²) in [7, 11) is 0. The third-order valence-corrected chi connectivity index (χ3v) is 3.36. The lowest BCUT2D eigenvalue weighted by Crippen LogP contribution is -2.12. The largest absolute Gasteiger partial charge is 0.397 e. The fourth-order valence-corrected chi connectivity index (χ4v) is 1.89. The van der Waals surface area contributed by atoms with E-state index in [4.69, 9.17) is 5.73 Å². The van der Waals surface area contributed by atoms with Gasteiger partial charge in [-0.25, -0.2) is 4.99 Å². The number of anilines is 1. The van der Waals surface area contributed by atoms with Crippen LogP contribution in [0, 0.1) is 16.0 Å². The molecule has 1 aliphatic carbocycles. The number of benzene rings is 1. The number of hydrogen-bond donors (Lipinski definition) is 1. The summed E-state index contributed by atoms with van der Waals surface area (Å²) in [6.07, 6.45) is 0.900. The van der Waals surface area contributed by atoms with E-state index in [-0.39, 0.29) is 11.1 Å². The second kappa shape index (κ2) is 4.33. The van der Waals surface area contributed by atoms with Crippen LogP contribution in [0.15, 0.2) is 17.1 Å². The lowest BCUT2D eigenvalue weighted by Gasteiger charge is -2.19. The Morgan fingerprint density at radius 2 is 2.00 bits per heavy atom. The first-order valence-corrected chi connectivity index (χ1v) is 6.36. The van der Waals surface area contributed by atoms with Crippen LogP contribution in [0.3, 0.4) is 0 Å². The third kappa shape index (κ3) is 2.75. The maximum absolute atomic E-state index is 11.2. The Bertz CT molecular complexity index is 571. The van der Waals surface area contributed by atoms with Crippen LogP contribution in [0.4, 0.5) is 17.1 Å². The summed E-state index contributed by atoms with van der Waals surface area (Å²) in [6, 6.07) is 3.38.